The summed E-state index contributed by atoms with van der Waals surface area (Å²) in [6.45, 7) is 0.360. The summed E-state index contributed by atoms with van der Waals surface area (Å²) in [7, 11) is 0. The number of nitrogens with one attached hydrogen (secondary N) is 1. The molecule has 154 valence electrons. The molecule has 0 aliphatic rings. The van der Waals surface area contributed by atoms with E-state index in [1.165, 1.54) is 0 Å². The number of para-hydroxylation sites is 1. The lowest BCUT2D eigenvalue weighted by molar-refractivity contribution is 0.0137. The van der Waals surface area contributed by atoms with Crippen LogP contribution in [0.15, 0.2) is 77.2 Å². The van der Waals surface area contributed by atoms with Crippen molar-refractivity contribution in [2.24, 2.45) is 0 Å². The smallest absolute Gasteiger partial charge is 0.407 e. The van der Waals surface area contributed by atoms with Crippen LogP contribution in [0.2, 0.25) is 0 Å². The molecule has 0 radical (unpaired) electrons. The van der Waals surface area contributed by atoms with Crippen molar-refractivity contribution in [1.82, 2.24) is 5.32 Å². The van der Waals surface area contributed by atoms with Gasteiger partial charge in [0, 0.05) is 17.3 Å². The van der Waals surface area contributed by atoms with Gasteiger partial charge in [0.15, 0.2) is 0 Å². The molecule has 3 N–H and O–H groups in total. The summed E-state index contributed by atoms with van der Waals surface area (Å²) in [5.41, 5.74) is 2.99. The molecule has 0 spiro atoms. The molecule has 2 unspecified atom stereocenters. The minimum atomic E-state index is -1.08. The first-order chi connectivity index (χ1) is 14.6. The number of alkyl carbamates (subject to hydrolysis) is 1. The van der Waals surface area contributed by atoms with Gasteiger partial charge >= 0.3 is 6.09 Å². The van der Waals surface area contributed by atoms with E-state index < -0.39 is 18.3 Å². The first-order valence-electron chi connectivity index (χ1n) is 9.84. The van der Waals surface area contributed by atoms with Gasteiger partial charge in [-0.25, -0.2) is 4.79 Å². The van der Waals surface area contributed by atoms with Crippen molar-refractivity contribution >= 4 is 28.0 Å². The Morgan fingerprint density at radius 3 is 2.50 bits per heavy atom. The van der Waals surface area contributed by atoms with Gasteiger partial charge in [0.05, 0.1) is 6.10 Å². The van der Waals surface area contributed by atoms with E-state index >= 15 is 0 Å². The fourth-order valence-electron chi connectivity index (χ4n) is 3.40. The van der Waals surface area contributed by atoms with Gasteiger partial charge in [0.1, 0.15) is 23.9 Å². The number of carbonyl (C=O) groups excluding carboxylic acids is 1. The molecule has 4 rings (SSSR count). The molecule has 0 aliphatic heterocycles. The number of hydrogen-bond acceptors (Lipinski definition) is 5. The highest BCUT2D eigenvalue weighted by Crippen LogP contribution is 2.31. The number of furan rings is 1. The molecule has 6 nitrogen and oxygen atoms in total. The number of hydrogen-bond donors (Lipinski definition) is 3. The second kappa shape index (κ2) is 8.98. The third-order valence-electron chi connectivity index (χ3n) is 5.03. The number of benzene rings is 3. The second-order valence-corrected chi connectivity index (χ2v) is 7.14. The number of fused-ring (bicyclic) bond motifs is 3. The highest BCUT2D eigenvalue weighted by molar-refractivity contribution is 6.05. The van der Waals surface area contributed by atoms with Crippen LogP contribution in [0.1, 0.15) is 23.7 Å². The van der Waals surface area contributed by atoms with Gasteiger partial charge in [-0.15, -0.1) is 0 Å². The van der Waals surface area contributed by atoms with Gasteiger partial charge in [0.25, 0.3) is 0 Å². The van der Waals surface area contributed by atoms with Crippen LogP contribution in [0.25, 0.3) is 21.9 Å². The van der Waals surface area contributed by atoms with Crippen LogP contribution in [0, 0.1) is 0 Å². The minimum Gasteiger partial charge on any atom is -0.456 e. The van der Waals surface area contributed by atoms with E-state index in [1.807, 2.05) is 60.7 Å². The predicted molar refractivity (Wildman–Crippen MR) is 114 cm³/mol. The van der Waals surface area contributed by atoms with Gasteiger partial charge in [-0.2, -0.15) is 0 Å². The summed E-state index contributed by atoms with van der Waals surface area (Å²) in [5.74, 6) is 0. The third-order valence-corrected chi connectivity index (χ3v) is 5.03. The number of aliphatic hydroxyl groups is 2. The topological polar surface area (TPSA) is 91.9 Å². The third kappa shape index (κ3) is 4.45. The molecule has 3 aromatic carbocycles. The second-order valence-electron chi connectivity index (χ2n) is 7.14. The maximum Gasteiger partial charge on any atom is 0.407 e. The molecule has 1 amide bonds. The molecular formula is C24H23NO5. The zero-order chi connectivity index (χ0) is 20.9. The number of rotatable bonds is 7. The van der Waals surface area contributed by atoms with Crippen LogP contribution in [0.4, 0.5) is 4.79 Å². The molecule has 2 atom stereocenters. The first-order valence-corrected chi connectivity index (χ1v) is 9.84. The Balaban J connectivity index is 1.31. The van der Waals surface area contributed by atoms with Gasteiger partial charge < -0.3 is 24.7 Å². The first kappa shape index (κ1) is 19.9. The average Bonchev–Trinajstić information content (AvgIpc) is 3.15. The Morgan fingerprint density at radius 1 is 0.933 bits per heavy atom. The Hall–Kier alpha value is -3.35. The summed E-state index contributed by atoms with van der Waals surface area (Å²) >= 11 is 0. The number of amides is 1. The van der Waals surface area contributed by atoms with Crippen LogP contribution in [-0.4, -0.2) is 29.0 Å². The molecule has 1 aromatic heterocycles. The summed E-state index contributed by atoms with van der Waals surface area (Å²) < 4.78 is 10.9. The van der Waals surface area contributed by atoms with Crippen molar-refractivity contribution in [2.45, 2.75) is 25.2 Å². The fourth-order valence-corrected chi connectivity index (χ4v) is 3.40. The van der Waals surface area contributed by atoms with Crippen LogP contribution < -0.4 is 5.32 Å². The minimum absolute atomic E-state index is 0.177. The standard InChI is InChI=1S/C24H23NO5/c26-20(12-13-25-24(28)29-15-16-6-2-1-3-7-16)23(27)17-10-11-22-19(14-17)18-8-4-5-9-21(18)30-22/h1-11,14,20,23,26-27H,12-13,15H2,(H,25,28). The molecule has 0 saturated heterocycles. The normalized spacial score (nSPS) is 13.3. The number of ether oxygens (including phenoxy) is 1. The van der Waals surface area contributed by atoms with Crippen molar-refractivity contribution in [1.29, 1.82) is 0 Å². The van der Waals surface area contributed by atoms with Gasteiger partial charge in [-0.05, 0) is 35.7 Å². The van der Waals surface area contributed by atoms with E-state index in [0.29, 0.717) is 5.56 Å². The molecule has 30 heavy (non-hydrogen) atoms. The largest absolute Gasteiger partial charge is 0.456 e. The van der Waals surface area contributed by atoms with E-state index in [4.69, 9.17) is 9.15 Å². The van der Waals surface area contributed by atoms with Crippen LogP contribution in [0.3, 0.4) is 0 Å². The Kier molecular flexibility index (Phi) is 5.97. The zero-order valence-corrected chi connectivity index (χ0v) is 16.3. The molecule has 0 aliphatic carbocycles. The molecule has 0 fully saturated rings. The highest BCUT2D eigenvalue weighted by Gasteiger charge is 2.20. The fraction of sp³-hybridized carbons (Fsp3) is 0.208. The Bertz CT molecular complexity index is 1140. The SMILES string of the molecule is O=C(NCCC(O)C(O)c1ccc2oc3ccccc3c2c1)OCc1ccccc1. The van der Waals surface area contributed by atoms with Crippen molar-refractivity contribution in [3.63, 3.8) is 0 Å². The number of aliphatic hydroxyl groups excluding tert-OH is 2. The monoisotopic (exact) mass is 405 g/mol. The summed E-state index contributed by atoms with van der Waals surface area (Å²) in [6, 6.07) is 22.4. The zero-order valence-electron chi connectivity index (χ0n) is 16.3. The van der Waals surface area contributed by atoms with Crippen molar-refractivity contribution < 1.29 is 24.2 Å². The maximum absolute atomic E-state index is 11.8. The molecule has 4 aromatic rings. The lowest BCUT2D eigenvalue weighted by Crippen LogP contribution is -2.29. The summed E-state index contributed by atoms with van der Waals surface area (Å²) in [5, 5.41) is 25.3. The molecule has 0 bridgehead atoms. The molecule has 6 heteroatoms. The number of carbonyl (C=O) groups is 1. The van der Waals surface area contributed by atoms with Crippen molar-refractivity contribution in [3.8, 4) is 0 Å². The lowest BCUT2D eigenvalue weighted by atomic mass is 10.00. The van der Waals surface area contributed by atoms with Crippen LogP contribution >= 0.6 is 0 Å². The van der Waals surface area contributed by atoms with Crippen molar-refractivity contribution in [2.75, 3.05) is 6.54 Å². The highest BCUT2D eigenvalue weighted by atomic mass is 16.5. The summed E-state index contributed by atoms with van der Waals surface area (Å²) in [4.78, 5) is 11.8. The van der Waals surface area contributed by atoms with E-state index in [2.05, 4.69) is 5.32 Å². The van der Waals surface area contributed by atoms with Gasteiger partial charge in [-0.3, -0.25) is 0 Å². The predicted octanol–water partition coefficient (Wildman–Crippen LogP) is 4.30. The van der Waals surface area contributed by atoms with Crippen LogP contribution in [0.5, 0.6) is 0 Å². The lowest BCUT2D eigenvalue weighted by Gasteiger charge is -2.18. The van der Waals surface area contributed by atoms with E-state index in [0.717, 1.165) is 27.5 Å². The average molecular weight is 405 g/mol. The Morgan fingerprint density at radius 2 is 1.67 bits per heavy atom. The molecule has 0 saturated carbocycles. The van der Waals surface area contributed by atoms with E-state index in [-0.39, 0.29) is 19.6 Å². The van der Waals surface area contributed by atoms with Gasteiger partial charge in [-0.1, -0.05) is 54.6 Å². The van der Waals surface area contributed by atoms with Crippen LogP contribution in [-0.2, 0) is 11.3 Å². The maximum atomic E-state index is 11.8. The quantitative estimate of drug-likeness (QED) is 0.426. The Labute approximate surface area is 173 Å². The summed E-state index contributed by atoms with van der Waals surface area (Å²) in [6.07, 6.45) is -2.49. The van der Waals surface area contributed by atoms with E-state index in [1.54, 1.807) is 12.1 Å². The van der Waals surface area contributed by atoms with Crippen molar-refractivity contribution in [3.05, 3.63) is 83.9 Å². The molecular weight excluding hydrogens is 382 g/mol. The van der Waals surface area contributed by atoms with E-state index in [9.17, 15) is 15.0 Å². The van der Waals surface area contributed by atoms with Gasteiger partial charge in [0.2, 0.25) is 0 Å². The molecule has 1 heterocycles.